The van der Waals surface area contributed by atoms with Gasteiger partial charge in [0.2, 0.25) is 0 Å². The topological polar surface area (TPSA) is 50.7 Å². The monoisotopic (exact) mass is 309 g/mol. The van der Waals surface area contributed by atoms with Crippen LogP contribution in [0, 0.1) is 11.6 Å². The molecular weight excluding hydrogens is 292 g/mol. The molecule has 0 heterocycles. The highest BCUT2D eigenvalue weighted by Crippen LogP contribution is 2.26. The molecule has 2 unspecified atom stereocenters. The van der Waals surface area contributed by atoms with Crippen LogP contribution in [-0.4, -0.2) is 44.2 Å². The lowest BCUT2D eigenvalue weighted by molar-refractivity contribution is -0.0282. The van der Waals surface area contributed by atoms with E-state index >= 15 is 0 Å². The number of aliphatic hydroxyl groups is 1. The van der Waals surface area contributed by atoms with Crippen LogP contribution in [0.2, 0.25) is 5.02 Å². The normalized spacial score (nSPS) is 14.1. The number of aliphatic hydroxyl groups excluding tert-OH is 1. The summed E-state index contributed by atoms with van der Waals surface area (Å²) in [6, 6.07) is 1.72. The third kappa shape index (κ3) is 5.58. The zero-order valence-electron chi connectivity index (χ0n) is 11.3. The van der Waals surface area contributed by atoms with Crippen molar-refractivity contribution in [2.45, 2.75) is 19.1 Å². The Labute approximate surface area is 121 Å². The average molecular weight is 310 g/mol. The number of methoxy groups -OCH3 is 1. The summed E-state index contributed by atoms with van der Waals surface area (Å²) < 4.78 is 36.5. The van der Waals surface area contributed by atoms with E-state index < -0.39 is 17.7 Å². The van der Waals surface area contributed by atoms with Crippen molar-refractivity contribution in [1.82, 2.24) is 0 Å². The third-order valence-electron chi connectivity index (χ3n) is 2.50. The molecule has 0 saturated heterocycles. The highest BCUT2D eigenvalue weighted by atomic mass is 35.5. The number of hydrogen-bond acceptors (Lipinski definition) is 4. The van der Waals surface area contributed by atoms with Crippen LogP contribution in [0.15, 0.2) is 12.1 Å². The number of anilines is 1. The summed E-state index contributed by atoms with van der Waals surface area (Å²) in [6.07, 6.45) is -1.00. The Morgan fingerprint density at radius 3 is 2.65 bits per heavy atom. The molecule has 0 radical (unpaired) electrons. The summed E-state index contributed by atoms with van der Waals surface area (Å²) in [5, 5.41) is 12.2. The van der Waals surface area contributed by atoms with E-state index in [4.69, 9.17) is 21.1 Å². The molecule has 0 fully saturated rings. The number of ether oxygens (including phenoxy) is 2. The first-order valence-electron chi connectivity index (χ1n) is 6.11. The number of rotatable bonds is 8. The predicted molar refractivity (Wildman–Crippen MR) is 73.2 cm³/mol. The van der Waals surface area contributed by atoms with Crippen molar-refractivity contribution in [2.24, 2.45) is 0 Å². The number of hydrogen-bond donors (Lipinski definition) is 2. The molecule has 20 heavy (non-hydrogen) atoms. The van der Waals surface area contributed by atoms with Crippen LogP contribution in [0.5, 0.6) is 0 Å². The van der Waals surface area contributed by atoms with E-state index in [0.29, 0.717) is 6.61 Å². The van der Waals surface area contributed by atoms with E-state index in [9.17, 15) is 13.9 Å². The van der Waals surface area contributed by atoms with Crippen molar-refractivity contribution in [2.75, 3.05) is 32.2 Å². The average Bonchev–Trinajstić information content (AvgIpc) is 2.35. The van der Waals surface area contributed by atoms with E-state index in [2.05, 4.69) is 5.32 Å². The second-order valence-corrected chi connectivity index (χ2v) is 4.79. The molecule has 0 spiro atoms. The van der Waals surface area contributed by atoms with Crippen LogP contribution in [0.25, 0.3) is 0 Å². The molecule has 0 bridgehead atoms. The number of halogens is 3. The lowest BCUT2D eigenvalue weighted by Crippen LogP contribution is -2.28. The number of nitrogens with one attached hydrogen (secondary N) is 1. The van der Waals surface area contributed by atoms with Gasteiger partial charge in [-0.15, -0.1) is 0 Å². The lowest BCUT2D eigenvalue weighted by Gasteiger charge is -2.17. The van der Waals surface area contributed by atoms with Crippen LogP contribution in [0.3, 0.4) is 0 Å². The minimum atomic E-state index is -0.852. The maximum absolute atomic E-state index is 13.5. The molecule has 0 aromatic heterocycles. The minimum Gasteiger partial charge on any atom is -0.389 e. The summed E-state index contributed by atoms with van der Waals surface area (Å²) in [6.45, 7) is 2.32. The molecule has 0 saturated carbocycles. The SMILES string of the molecule is COCC(C)OCC(O)CNc1c(F)cc(F)cc1Cl. The molecule has 7 heteroatoms. The van der Waals surface area contributed by atoms with E-state index in [1.807, 2.05) is 0 Å². The standard InChI is InChI=1S/C13H18ClF2NO3/c1-8(6-19-2)20-7-10(18)5-17-13-11(14)3-9(15)4-12(13)16/h3-4,8,10,17-18H,5-7H2,1-2H3. The first kappa shape index (κ1) is 17.1. The molecule has 2 atom stereocenters. The van der Waals surface area contributed by atoms with Crippen molar-refractivity contribution in [3.63, 3.8) is 0 Å². The predicted octanol–water partition coefficient (Wildman–Crippen LogP) is 2.44. The fraction of sp³-hybridized carbons (Fsp3) is 0.538. The van der Waals surface area contributed by atoms with Crippen LogP contribution >= 0.6 is 11.6 Å². The summed E-state index contributed by atoms with van der Waals surface area (Å²) in [5.74, 6) is -1.56. The first-order chi connectivity index (χ1) is 9.43. The van der Waals surface area contributed by atoms with E-state index in [1.165, 1.54) is 0 Å². The first-order valence-corrected chi connectivity index (χ1v) is 6.48. The molecule has 4 nitrogen and oxygen atoms in total. The maximum Gasteiger partial charge on any atom is 0.150 e. The van der Waals surface area contributed by atoms with Gasteiger partial charge in [0.1, 0.15) is 5.82 Å². The quantitative estimate of drug-likeness (QED) is 0.774. The Kier molecular flexibility index (Phi) is 7.15. The van der Waals surface area contributed by atoms with Gasteiger partial charge < -0.3 is 19.9 Å². The van der Waals surface area contributed by atoms with Crippen molar-refractivity contribution >= 4 is 17.3 Å². The zero-order chi connectivity index (χ0) is 15.1. The Bertz CT molecular complexity index is 411. The highest BCUT2D eigenvalue weighted by Gasteiger charge is 2.12. The summed E-state index contributed by atoms with van der Waals surface area (Å²) in [5.41, 5.74) is -0.0444. The molecule has 114 valence electrons. The Hall–Kier alpha value is -0.950. The molecule has 1 aromatic rings. The Morgan fingerprint density at radius 2 is 2.05 bits per heavy atom. The maximum atomic E-state index is 13.5. The Balaban J connectivity index is 2.43. The zero-order valence-corrected chi connectivity index (χ0v) is 12.1. The minimum absolute atomic E-state index is 0.0297. The second kappa shape index (κ2) is 8.36. The van der Waals surface area contributed by atoms with Gasteiger partial charge in [0.15, 0.2) is 5.82 Å². The summed E-state index contributed by atoms with van der Waals surface area (Å²) in [4.78, 5) is 0. The van der Waals surface area contributed by atoms with Gasteiger partial charge in [0.25, 0.3) is 0 Å². The van der Waals surface area contributed by atoms with Crippen LogP contribution < -0.4 is 5.32 Å². The summed E-state index contributed by atoms with van der Waals surface area (Å²) >= 11 is 5.72. The van der Waals surface area contributed by atoms with Gasteiger partial charge >= 0.3 is 0 Å². The molecular formula is C13H18ClF2NO3. The van der Waals surface area contributed by atoms with Crippen molar-refractivity contribution in [3.8, 4) is 0 Å². The van der Waals surface area contributed by atoms with Crippen molar-refractivity contribution in [1.29, 1.82) is 0 Å². The van der Waals surface area contributed by atoms with Gasteiger partial charge in [-0.25, -0.2) is 8.78 Å². The van der Waals surface area contributed by atoms with Crippen LogP contribution in [0.4, 0.5) is 14.5 Å². The molecule has 0 aliphatic rings. The van der Waals surface area contributed by atoms with E-state index in [1.54, 1.807) is 14.0 Å². The molecule has 2 N–H and O–H groups in total. The second-order valence-electron chi connectivity index (χ2n) is 4.38. The van der Waals surface area contributed by atoms with Crippen molar-refractivity contribution in [3.05, 3.63) is 28.8 Å². The smallest absolute Gasteiger partial charge is 0.150 e. The lowest BCUT2D eigenvalue weighted by atomic mass is 10.2. The highest BCUT2D eigenvalue weighted by molar-refractivity contribution is 6.33. The fourth-order valence-electron chi connectivity index (χ4n) is 1.55. The molecule has 1 rings (SSSR count). The summed E-state index contributed by atoms with van der Waals surface area (Å²) in [7, 11) is 1.55. The Morgan fingerprint density at radius 1 is 1.35 bits per heavy atom. The van der Waals surface area contributed by atoms with E-state index in [0.717, 1.165) is 12.1 Å². The van der Waals surface area contributed by atoms with Crippen LogP contribution in [0.1, 0.15) is 6.92 Å². The van der Waals surface area contributed by atoms with Gasteiger partial charge in [-0.2, -0.15) is 0 Å². The third-order valence-corrected chi connectivity index (χ3v) is 2.79. The fourth-order valence-corrected chi connectivity index (χ4v) is 1.81. The largest absolute Gasteiger partial charge is 0.389 e. The van der Waals surface area contributed by atoms with Gasteiger partial charge in [-0.05, 0) is 13.0 Å². The van der Waals surface area contributed by atoms with Gasteiger partial charge in [0, 0.05) is 19.7 Å². The molecule has 0 aliphatic heterocycles. The molecule has 0 amide bonds. The van der Waals surface area contributed by atoms with Gasteiger partial charge in [0.05, 0.1) is 36.1 Å². The van der Waals surface area contributed by atoms with Crippen LogP contribution in [-0.2, 0) is 9.47 Å². The molecule has 0 aliphatic carbocycles. The van der Waals surface area contributed by atoms with Gasteiger partial charge in [-0.3, -0.25) is 0 Å². The van der Waals surface area contributed by atoms with E-state index in [-0.39, 0.29) is 30.0 Å². The van der Waals surface area contributed by atoms with Gasteiger partial charge in [-0.1, -0.05) is 11.6 Å². The molecule has 1 aromatic carbocycles. The van der Waals surface area contributed by atoms with Crippen molar-refractivity contribution < 1.29 is 23.4 Å². The number of benzene rings is 1.